The molecule has 1 aromatic carbocycles. The summed E-state index contributed by atoms with van der Waals surface area (Å²) in [7, 11) is -3.58. The van der Waals surface area contributed by atoms with E-state index in [0.29, 0.717) is 25.0 Å². The van der Waals surface area contributed by atoms with Gasteiger partial charge in [0.05, 0.1) is 22.4 Å². The summed E-state index contributed by atoms with van der Waals surface area (Å²) in [4.78, 5) is 5.77. The Kier molecular flexibility index (Phi) is 8.59. The zero-order chi connectivity index (χ0) is 24.0. The Morgan fingerprint density at radius 3 is 2.68 bits per heavy atom. The molecule has 2 heterocycles. The van der Waals surface area contributed by atoms with Crippen LogP contribution in [0.2, 0.25) is 0 Å². The van der Waals surface area contributed by atoms with Crippen LogP contribution < -0.4 is 9.44 Å². The fourth-order valence-electron chi connectivity index (χ4n) is 3.60. The van der Waals surface area contributed by atoms with Gasteiger partial charge in [0.15, 0.2) is 0 Å². The number of hydrogen-bond acceptors (Lipinski definition) is 7. The standard InChI is InChI=1S/C23H25N3O4S4/c27-33(28)25-19-10-8-18(9-11-19)15-20(21-16-32-23(24-21)22-7-4-13-31-22)26-34(29,30)14-12-17-5-2-1-3-6-17/h1-10,13,16,19-20,25-26H,11-12,14-15H2,(H,27,28)/p-1/t19?,20-/m0/s1. The van der Waals surface area contributed by atoms with Crippen LogP contribution in [0.1, 0.15) is 30.1 Å². The number of aryl methyl sites for hydroxylation is 1. The topological polar surface area (TPSA) is 111 Å². The molecule has 0 aliphatic heterocycles. The normalized spacial score (nSPS) is 17.9. The van der Waals surface area contributed by atoms with Gasteiger partial charge in [-0.15, -0.1) is 22.7 Å². The summed E-state index contributed by atoms with van der Waals surface area (Å²) in [5, 5.41) is 4.74. The largest absolute Gasteiger partial charge is 0.760 e. The first-order valence-corrected chi connectivity index (χ1v) is 15.1. The highest BCUT2D eigenvalue weighted by atomic mass is 32.2. The molecule has 0 saturated heterocycles. The van der Waals surface area contributed by atoms with Gasteiger partial charge in [-0.2, -0.15) is 0 Å². The molecule has 1 aliphatic rings. The maximum absolute atomic E-state index is 13.0. The molecule has 7 nitrogen and oxygen atoms in total. The number of nitrogens with one attached hydrogen (secondary N) is 2. The van der Waals surface area contributed by atoms with Crippen LogP contribution in [0.15, 0.2) is 77.0 Å². The minimum Gasteiger partial charge on any atom is -0.760 e. The van der Waals surface area contributed by atoms with E-state index in [9.17, 15) is 17.2 Å². The Morgan fingerprint density at radius 1 is 1.18 bits per heavy atom. The van der Waals surface area contributed by atoms with Crippen molar-refractivity contribution in [2.24, 2.45) is 0 Å². The van der Waals surface area contributed by atoms with Crippen molar-refractivity contribution in [1.29, 1.82) is 0 Å². The third-order valence-electron chi connectivity index (χ3n) is 5.30. The van der Waals surface area contributed by atoms with Gasteiger partial charge in [-0.1, -0.05) is 60.2 Å². The summed E-state index contributed by atoms with van der Waals surface area (Å²) in [6.45, 7) is 0. The average molecular weight is 535 g/mol. The van der Waals surface area contributed by atoms with Crippen LogP contribution in [0.25, 0.3) is 9.88 Å². The van der Waals surface area contributed by atoms with Gasteiger partial charge in [-0.25, -0.2) is 22.8 Å². The van der Waals surface area contributed by atoms with E-state index in [0.717, 1.165) is 21.0 Å². The van der Waals surface area contributed by atoms with Crippen molar-refractivity contribution in [3.8, 4) is 9.88 Å². The van der Waals surface area contributed by atoms with E-state index >= 15 is 0 Å². The van der Waals surface area contributed by atoms with E-state index in [2.05, 4.69) is 9.44 Å². The van der Waals surface area contributed by atoms with Crippen LogP contribution in [0.4, 0.5) is 0 Å². The van der Waals surface area contributed by atoms with Gasteiger partial charge in [-0.3, -0.25) is 4.21 Å². The summed E-state index contributed by atoms with van der Waals surface area (Å²) in [6.07, 6.45) is 6.90. The van der Waals surface area contributed by atoms with Gasteiger partial charge in [0.25, 0.3) is 0 Å². The van der Waals surface area contributed by atoms with E-state index in [-0.39, 0.29) is 11.8 Å². The molecule has 0 radical (unpaired) electrons. The Hall–Kier alpha value is -1.99. The van der Waals surface area contributed by atoms with Gasteiger partial charge in [0.1, 0.15) is 5.01 Å². The summed E-state index contributed by atoms with van der Waals surface area (Å²) >= 11 is 0.741. The molecule has 0 spiro atoms. The maximum atomic E-state index is 13.0. The van der Waals surface area contributed by atoms with E-state index in [1.165, 1.54) is 11.3 Å². The highest BCUT2D eigenvalue weighted by Gasteiger charge is 2.24. The lowest BCUT2D eigenvalue weighted by molar-refractivity contribution is 0.514. The van der Waals surface area contributed by atoms with Gasteiger partial charge in [-0.05, 0) is 36.3 Å². The monoisotopic (exact) mass is 534 g/mol. The minimum atomic E-state index is -3.58. The second-order valence-electron chi connectivity index (χ2n) is 7.82. The number of hydrogen-bond donors (Lipinski definition) is 2. The molecule has 2 N–H and O–H groups in total. The maximum Gasteiger partial charge on any atom is 0.212 e. The highest BCUT2D eigenvalue weighted by Crippen LogP contribution is 2.32. The molecule has 180 valence electrons. The molecule has 34 heavy (non-hydrogen) atoms. The Labute approximate surface area is 210 Å². The third kappa shape index (κ3) is 7.25. The Bertz CT molecular complexity index is 1270. The molecule has 3 aromatic rings. The predicted octanol–water partition coefficient (Wildman–Crippen LogP) is 4.10. The number of thiazole rings is 1. The van der Waals surface area contributed by atoms with Gasteiger partial charge in [0.2, 0.25) is 10.0 Å². The molecular weight excluding hydrogens is 511 g/mol. The van der Waals surface area contributed by atoms with Gasteiger partial charge >= 0.3 is 0 Å². The molecule has 3 atom stereocenters. The molecular formula is C23H24N3O4S4-. The lowest BCUT2D eigenvalue weighted by Gasteiger charge is -2.22. The molecule has 0 amide bonds. The van der Waals surface area contributed by atoms with Crippen LogP contribution in [-0.4, -0.2) is 34.0 Å². The number of allylic oxidation sites excluding steroid dienone is 1. The van der Waals surface area contributed by atoms with Crippen molar-refractivity contribution in [3.63, 3.8) is 0 Å². The number of rotatable bonds is 11. The number of sulfonamides is 1. The Morgan fingerprint density at radius 2 is 2.00 bits per heavy atom. The van der Waals surface area contributed by atoms with Crippen molar-refractivity contribution in [3.05, 3.63) is 88.3 Å². The number of thiophene rings is 1. The first-order valence-electron chi connectivity index (χ1n) is 10.6. The number of benzene rings is 1. The number of nitrogens with zero attached hydrogens (tertiary/aromatic N) is 1. The van der Waals surface area contributed by atoms with Crippen molar-refractivity contribution in [1.82, 2.24) is 14.4 Å². The second-order valence-corrected chi connectivity index (χ2v) is 12.2. The molecule has 0 fully saturated rings. The fraction of sp³-hybridized carbons (Fsp3) is 0.261. The van der Waals surface area contributed by atoms with Gasteiger partial charge in [0, 0.05) is 22.7 Å². The van der Waals surface area contributed by atoms with Crippen molar-refractivity contribution < 1.29 is 17.2 Å². The quantitative estimate of drug-likeness (QED) is 0.360. The van der Waals surface area contributed by atoms with Crippen LogP contribution in [0, 0.1) is 0 Å². The lowest BCUT2D eigenvalue weighted by Crippen LogP contribution is -2.32. The van der Waals surface area contributed by atoms with Crippen LogP contribution >= 0.6 is 22.7 Å². The van der Waals surface area contributed by atoms with E-state index < -0.39 is 27.3 Å². The van der Waals surface area contributed by atoms with E-state index in [1.54, 1.807) is 17.4 Å². The molecule has 0 saturated carbocycles. The van der Waals surface area contributed by atoms with Crippen molar-refractivity contribution in [2.75, 3.05) is 5.75 Å². The lowest BCUT2D eigenvalue weighted by atomic mass is 9.97. The van der Waals surface area contributed by atoms with Crippen molar-refractivity contribution in [2.45, 2.75) is 31.3 Å². The first-order chi connectivity index (χ1) is 16.4. The molecule has 2 unspecified atom stereocenters. The highest BCUT2D eigenvalue weighted by molar-refractivity contribution is 7.89. The molecule has 4 rings (SSSR count). The average Bonchev–Trinajstić information content (AvgIpc) is 3.51. The second kappa shape index (κ2) is 11.6. The molecule has 1 aliphatic carbocycles. The summed E-state index contributed by atoms with van der Waals surface area (Å²) in [5.41, 5.74) is 2.56. The van der Waals surface area contributed by atoms with Crippen molar-refractivity contribution >= 4 is 44.0 Å². The summed E-state index contributed by atoms with van der Waals surface area (Å²) in [6, 6.07) is 12.6. The molecule has 0 bridgehead atoms. The summed E-state index contributed by atoms with van der Waals surface area (Å²) < 4.78 is 53.0. The van der Waals surface area contributed by atoms with Gasteiger partial charge < -0.3 is 4.55 Å². The zero-order valence-electron chi connectivity index (χ0n) is 18.1. The smallest absolute Gasteiger partial charge is 0.212 e. The van der Waals surface area contributed by atoms with Crippen LogP contribution in [0.5, 0.6) is 0 Å². The first kappa shape index (κ1) is 25.1. The third-order valence-corrected chi connectivity index (χ3v) is 9.08. The molecule has 11 heteroatoms. The predicted molar refractivity (Wildman–Crippen MR) is 138 cm³/mol. The van der Waals surface area contributed by atoms with E-state index in [1.807, 2.05) is 65.4 Å². The number of aromatic nitrogens is 1. The Balaban J connectivity index is 1.50. The molecule has 2 aromatic heterocycles. The van der Waals surface area contributed by atoms with Crippen LogP contribution in [0.3, 0.4) is 0 Å². The summed E-state index contributed by atoms with van der Waals surface area (Å²) in [5.74, 6) is -0.0222. The van der Waals surface area contributed by atoms with Crippen LogP contribution in [-0.2, 0) is 27.7 Å². The fourth-order valence-corrected chi connectivity index (χ4v) is 6.97. The zero-order valence-corrected chi connectivity index (χ0v) is 21.4. The minimum absolute atomic E-state index is 0.0222. The van der Waals surface area contributed by atoms with E-state index in [4.69, 9.17) is 4.98 Å². The SMILES string of the molecule is O=S([O-])NC1C=CC(C[C@H](NS(=O)(=O)CCc2ccccc2)c2csc(-c3cccs3)n2)=CC1.